The number of nitrogens with one attached hydrogen (secondary N) is 3. The maximum Gasteiger partial charge on any atom is 0.221 e. The molecule has 5 heteroatoms. The number of hydrogen-bond donors (Lipinski definition) is 3. The Balaban J connectivity index is 2.01. The van der Waals surface area contributed by atoms with Crippen molar-refractivity contribution < 1.29 is 4.79 Å². The van der Waals surface area contributed by atoms with Gasteiger partial charge in [0.2, 0.25) is 5.91 Å². The highest BCUT2D eigenvalue weighted by molar-refractivity contribution is 5.88. The van der Waals surface area contributed by atoms with Crippen LogP contribution in [0.4, 0.5) is 5.69 Å². The molecule has 3 N–H and O–H groups in total. The Morgan fingerprint density at radius 1 is 1.08 bits per heavy atom. The molecule has 0 heterocycles. The monoisotopic (exact) mass is 338 g/mol. The number of aliphatic imine (C=N–C) groups is 1. The fourth-order valence-corrected chi connectivity index (χ4v) is 2.45. The maximum atomic E-state index is 11.2. The number of nitrogens with zero attached hydrogens (tertiary/aromatic N) is 1. The lowest BCUT2D eigenvalue weighted by Gasteiger charge is -2.13. The minimum Gasteiger partial charge on any atom is -0.357 e. The van der Waals surface area contributed by atoms with E-state index in [0.29, 0.717) is 6.54 Å². The second kappa shape index (κ2) is 9.47. The standard InChI is InChI=1S/C20H26N4O/c1-4-21-20(23-14-18-10-6-5-8-15(18)2)22-13-17-9-7-11-19(12-17)24-16(3)25/h5-12H,4,13-14H2,1-3H3,(H,24,25)(H2,21,22,23). The maximum absolute atomic E-state index is 11.2. The van der Waals surface area contributed by atoms with E-state index in [4.69, 9.17) is 0 Å². The number of guanidine groups is 1. The predicted molar refractivity (Wildman–Crippen MR) is 104 cm³/mol. The number of anilines is 1. The lowest BCUT2D eigenvalue weighted by atomic mass is 10.1. The van der Waals surface area contributed by atoms with Crippen LogP contribution in [0.1, 0.15) is 30.5 Å². The Morgan fingerprint density at radius 3 is 2.60 bits per heavy atom. The summed E-state index contributed by atoms with van der Waals surface area (Å²) < 4.78 is 0. The average Bonchev–Trinajstić information content (AvgIpc) is 2.58. The van der Waals surface area contributed by atoms with Gasteiger partial charge in [0.25, 0.3) is 0 Å². The fraction of sp³-hybridized carbons (Fsp3) is 0.300. The summed E-state index contributed by atoms with van der Waals surface area (Å²) >= 11 is 0. The van der Waals surface area contributed by atoms with E-state index in [0.717, 1.165) is 30.3 Å². The Bertz CT molecular complexity index is 740. The van der Waals surface area contributed by atoms with Crippen molar-refractivity contribution in [2.75, 3.05) is 11.9 Å². The van der Waals surface area contributed by atoms with Gasteiger partial charge in [0.05, 0.1) is 6.54 Å². The SMILES string of the molecule is CCNC(=NCc1cccc(NC(C)=O)c1)NCc1ccccc1C. The molecular formula is C20H26N4O. The number of rotatable bonds is 6. The van der Waals surface area contributed by atoms with Crippen molar-refractivity contribution >= 4 is 17.6 Å². The third-order valence-corrected chi connectivity index (χ3v) is 3.72. The second-order valence-electron chi connectivity index (χ2n) is 5.86. The third-order valence-electron chi connectivity index (χ3n) is 3.72. The fourth-order valence-electron chi connectivity index (χ4n) is 2.45. The summed E-state index contributed by atoms with van der Waals surface area (Å²) in [6, 6.07) is 16.0. The first-order chi connectivity index (χ1) is 12.1. The van der Waals surface area contributed by atoms with Gasteiger partial charge in [-0.3, -0.25) is 4.79 Å². The van der Waals surface area contributed by atoms with E-state index in [1.54, 1.807) is 0 Å². The van der Waals surface area contributed by atoms with E-state index in [1.165, 1.54) is 18.1 Å². The molecule has 2 aromatic carbocycles. The van der Waals surface area contributed by atoms with E-state index in [1.807, 2.05) is 43.3 Å². The summed E-state index contributed by atoms with van der Waals surface area (Å²) in [5.74, 6) is 0.699. The second-order valence-corrected chi connectivity index (χ2v) is 5.86. The van der Waals surface area contributed by atoms with E-state index >= 15 is 0 Å². The Kier molecular flexibility index (Phi) is 7.01. The molecule has 0 aliphatic rings. The van der Waals surface area contributed by atoms with Crippen molar-refractivity contribution in [3.05, 3.63) is 65.2 Å². The van der Waals surface area contributed by atoms with E-state index in [2.05, 4.69) is 40.0 Å². The van der Waals surface area contributed by atoms with Gasteiger partial charge in [0.1, 0.15) is 0 Å². The van der Waals surface area contributed by atoms with Crippen LogP contribution in [0.2, 0.25) is 0 Å². The van der Waals surface area contributed by atoms with Crippen molar-refractivity contribution in [3.63, 3.8) is 0 Å². The Morgan fingerprint density at radius 2 is 1.88 bits per heavy atom. The van der Waals surface area contributed by atoms with Crippen molar-refractivity contribution in [3.8, 4) is 0 Å². The van der Waals surface area contributed by atoms with Crippen LogP contribution in [0, 0.1) is 6.92 Å². The molecule has 0 bridgehead atoms. The van der Waals surface area contributed by atoms with Gasteiger partial charge in [-0.05, 0) is 42.7 Å². The number of aryl methyl sites for hydroxylation is 1. The molecule has 5 nitrogen and oxygen atoms in total. The van der Waals surface area contributed by atoms with Crippen molar-refractivity contribution in [1.29, 1.82) is 0 Å². The molecule has 1 amide bonds. The zero-order valence-electron chi connectivity index (χ0n) is 15.1. The lowest BCUT2D eigenvalue weighted by molar-refractivity contribution is -0.114. The number of hydrogen-bond acceptors (Lipinski definition) is 2. The molecule has 0 fully saturated rings. The molecule has 0 atom stereocenters. The van der Waals surface area contributed by atoms with Crippen LogP contribution in [0.5, 0.6) is 0 Å². The normalized spacial score (nSPS) is 11.1. The summed E-state index contributed by atoms with van der Waals surface area (Å²) in [5, 5.41) is 9.41. The van der Waals surface area contributed by atoms with Gasteiger partial charge in [0.15, 0.2) is 5.96 Å². The summed E-state index contributed by atoms with van der Waals surface area (Å²) in [6.45, 7) is 7.72. The molecule has 0 aliphatic carbocycles. The molecule has 132 valence electrons. The molecule has 0 radical (unpaired) electrons. The molecule has 0 aliphatic heterocycles. The molecule has 0 unspecified atom stereocenters. The van der Waals surface area contributed by atoms with Crippen molar-refractivity contribution in [2.24, 2.45) is 4.99 Å². The molecule has 2 rings (SSSR count). The molecular weight excluding hydrogens is 312 g/mol. The largest absolute Gasteiger partial charge is 0.357 e. The van der Waals surface area contributed by atoms with Crippen LogP contribution in [0.3, 0.4) is 0 Å². The van der Waals surface area contributed by atoms with Crippen molar-refractivity contribution in [1.82, 2.24) is 10.6 Å². The first-order valence-corrected chi connectivity index (χ1v) is 8.51. The zero-order valence-corrected chi connectivity index (χ0v) is 15.1. The van der Waals surface area contributed by atoms with Gasteiger partial charge in [-0.1, -0.05) is 36.4 Å². The zero-order chi connectivity index (χ0) is 18.1. The van der Waals surface area contributed by atoms with Gasteiger partial charge in [-0.15, -0.1) is 0 Å². The van der Waals surface area contributed by atoms with E-state index < -0.39 is 0 Å². The first kappa shape index (κ1) is 18.5. The van der Waals surface area contributed by atoms with Gasteiger partial charge in [-0.25, -0.2) is 4.99 Å². The van der Waals surface area contributed by atoms with Gasteiger partial charge in [-0.2, -0.15) is 0 Å². The van der Waals surface area contributed by atoms with Crippen LogP contribution < -0.4 is 16.0 Å². The highest BCUT2D eigenvalue weighted by atomic mass is 16.1. The topological polar surface area (TPSA) is 65.5 Å². The highest BCUT2D eigenvalue weighted by Gasteiger charge is 2.02. The van der Waals surface area contributed by atoms with Crippen molar-refractivity contribution in [2.45, 2.75) is 33.9 Å². The van der Waals surface area contributed by atoms with Crippen LogP contribution in [0.25, 0.3) is 0 Å². The third kappa shape index (κ3) is 6.30. The number of carbonyl (C=O) groups excluding carboxylic acids is 1. The van der Waals surface area contributed by atoms with Crippen LogP contribution in [0.15, 0.2) is 53.5 Å². The Labute approximate surface area is 149 Å². The Hall–Kier alpha value is -2.82. The summed E-state index contributed by atoms with van der Waals surface area (Å²) in [5.41, 5.74) is 4.34. The average molecular weight is 338 g/mol. The minimum absolute atomic E-state index is 0.0751. The molecule has 0 saturated carbocycles. The smallest absolute Gasteiger partial charge is 0.221 e. The number of amides is 1. The molecule has 0 saturated heterocycles. The highest BCUT2D eigenvalue weighted by Crippen LogP contribution is 2.11. The van der Waals surface area contributed by atoms with E-state index in [-0.39, 0.29) is 5.91 Å². The quantitative estimate of drug-likeness (QED) is 0.560. The number of carbonyl (C=O) groups is 1. The number of benzene rings is 2. The van der Waals surface area contributed by atoms with Crippen LogP contribution in [-0.4, -0.2) is 18.4 Å². The lowest BCUT2D eigenvalue weighted by Crippen LogP contribution is -2.36. The summed E-state index contributed by atoms with van der Waals surface area (Å²) in [4.78, 5) is 15.8. The molecule has 2 aromatic rings. The molecule has 0 spiro atoms. The van der Waals surface area contributed by atoms with Gasteiger partial charge < -0.3 is 16.0 Å². The first-order valence-electron chi connectivity index (χ1n) is 8.51. The van der Waals surface area contributed by atoms with E-state index in [9.17, 15) is 4.79 Å². The summed E-state index contributed by atoms with van der Waals surface area (Å²) in [7, 11) is 0. The van der Waals surface area contributed by atoms with Gasteiger partial charge in [0, 0.05) is 25.7 Å². The molecule has 25 heavy (non-hydrogen) atoms. The van der Waals surface area contributed by atoms with Gasteiger partial charge >= 0.3 is 0 Å². The molecule has 0 aromatic heterocycles. The predicted octanol–water partition coefficient (Wildman–Crippen LogP) is 3.21. The van der Waals surface area contributed by atoms with Crippen LogP contribution >= 0.6 is 0 Å². The summed E-state index contributed by atoms with van der Waals surface area (Å²) in [6.07, 6.45) is 0. The minimum atomic E-state index is -0.0751. The van der Waals surface area contributed by atoms with Crippen LogP contribution in [-0.2, 0) is 17.9 Å².